The number of hydrogen-bond donors (Lipinski definition) is 1. The van der Waals surface area contributed by atoms with Gasteiger partial charge >= 0.3 is 0 Å². The molecule has 0 bridgehead atoms. The van der Waals surface area contributed by atoms with E-state index in [1.807, 2.05) is 18.2 Å². The Balaban J connectivity index is 1.61. The van der Waals surface area contributed by atoms with E-state index >= 15 is 0 Å². The van der Waals surface area contributed by atoms with Crippen molar-refractivity contribution in [3.8, 4) is 0 Å². The zero-order valence-corrected chi connectivity index (χ0v) is 18.6. The number of aromatic nitrogens is 2. The van der Waals surface area contributed by atoms with Crippen LogP contribution in [-0.2, 0) is 16.4 Å². The molecular weight excluding hydrogens is 445 g/mol. The molecule has 6 nitrogen and oxygen atoms in total. The molecule has 158 valence electrons. The molecule has 2 aromatic carbocycles. The van der Waals surface area contributed by atoms with Gasteiger partial charge in [0.05, 0.1) is 28.5 Å². The van der Waals surface area contributed by atoms with Gasteiger partial charge in [-0.15, -0.1) is 0 Å². The molecule has 1 heterocycles. The van der Waals surface area contributed by atoms with E-state index < -0.39 is 9.84 Å². The first-order valence-electron chi connectivity index (χ1n) is 9.32. The van der Waals surface area contributed by atoms with Crippen molar-refractivity contribution < 1.29 is 13.2 Å². The maximum atomic E-state index is 12.6. The fourth-order valence-corrected chi connectivity index (χ4v) is 4.85. The molecule has 0 fully saturated rings. The van der Waals surface area contributed by atoms with Crippen LogP contribution in [0, 0.1) is 6.92 Å². The van der Waals surface area contributed by atoms with Crippen LogP contribution in [0.25, 0.3) is 0 Å². The zero-order valence-electron chi connectivity index (χ0n) is 16.3. The van der Waals surface area contributed by atoms with Crippen LogP contribution >= 0.6 is 23.2 Å². The van der Waals surface area contributed by atoms with Crippen molar-refractivity contribution >= 4 is 38.9 Å². The van der Waals surface area contributed by atoms with Gasteiger partial charge in [0.1, 0.15) is 5.15 Å². The molecule has 0 aliphatic carbocycles. The fraction of sp³-hybridized carbons (Fsp3) is 0.238. The van der Waals surface area contributed by atoms with Crippen molar-refractivity contribution in [3.05, 3.63) is 81.6 Å². The fourth-order valence-electron chi connectivity index (χ4n) is 3.00. The summed E-state index contributed by atoms with van der Waals surface area (Å²) in [5.74, 6) is -0.449. The topological polar surface area (TPSA) is 81.1 Å². The number of amides is 1. The largest absolute Gasteiger partial charge is 0.352 e. The van der Waals surface area contributed by atoms with E-state index in [2.05, 4.69) is 10.4 Å². The van der Waals surface area contributed by atoms with Crippen molar-refractivity contribution in [1.82, 2.24) is 15.1 Å². The van der Waals surface area contributed by atoms with Gasteiger partial charge in [0.15, 0.2) is 9.84 Å². The zero-order chi connectivity index (χ0) is 21.7. The molecule has 0 aliphatic heterocycles. The molecule has 1 amide bonds. The Labute approximate surface area is 185 Å². The summed E-state index contributed by atoms with van der Waals surface area (Å²) in [5.41, 5.74) is 1.60. The number of nitrogens with zero attached hydrogens (tertiary/aromatic N) is 2. The summed E-state index contributed by atoms with van der Waals surface area (Å²) in [6.45, 7) is 2.24. The first-order chi connectivity index (χ1) is 14.3. The molecule has 1 aromatic heterocycles. The molecule has 0 unspecified atom stereocenters. The van der Waals surface area contributed by atoms with Crippen molar-refractivity contribution in [2.45, 2.75) is 24.8 Å². The second-order valence-electron chi connectivity index (χ2n) is 6.74. The van der Waals surface area contributed by atoms with E-state index in [9.17, 15) is 13.2 Å². The lowest BCUT2D eigenvalue weighted by atomic mass is 10.2. The van der Waals surface area contributed by atoms with Gasteiger partial charge in [0.2, 0.25) is 0 Å². The summed E-state index contributed by atoms with van der Waals surface area (Å²) in [7, 11) is -3.38. The van der Waals surface area contributed by atoms with Crippen LogP contribution in [0.15, 0.2) is 59.5 Å². The molecule has 0 saturated heterocycles. The van der Waals surface area contributed by atoms with E-state index in [4.69, 9.17) is 23.2 Å². The van der Waals surface area contributed by atoms with Gasteiger partial charge in [-0.05, 0) is 37.1 Å². The Morgan fingerprint density at radius 1 is 1.07 bits per heavy atom. The highest BCUT2D eigenvalue weighted by Crippen LogP contribution is 2.23. The van der Waals surface area contributed by atoms with E-state index in [1.54, 1.807) is 43.3 Å². The molecule has 9 heteroatoms. The molecule has 30 heavy (non-hydrogen) atoms. The minimum atomic E-state index is -3.38. The monoisotopic (exact) mass is 465 g/mol. The van der Waals surface area contributed by atoms with Crippen LogP contribution in [0.1, 0.15) is 28.0 Å². The number of sulfone groups is 1. The first kappa shape index (κ1) is 22.3. The lowest BCUT2D eigenvalue weighted by Gasteiger charge is -2.07. The number of halogens is 2. The quantitative estimate of drug-likeness (QED) is 0.506. The number of carbonyl (C=O) groups is 1. The number of aryl methyl sites for hydroxylation is 1. The Bertz CT molecular complexity index is 1150. The Morgan fingerprint density at radius 2 is 1.73 bits per heavy atom. The highest BCUT2D eigenvalue weighted by Gasteiger charge is 2.21. The van der Waals surface area contributed by atoms with Crippen LogP contribution in [0.5, 0.6) is 0 Å². The second-order valence-corrected chi connectivity index (χ2v) is 9.62. The minimum absolute atomic E-state index is 0.0597. The van der Waals surface area contributed by atoms with Crippen molar-refractivity contribution in [2.24, 2.45) is 0 Å². The lowest BCUT2D eigenvalue weighted by Crippen LogP contribution is -2.26. The molecule has 0 atom stereocenters. The van der Waals surface area contributed by atoms with Crippen molar-refractivity contribution in [1.29, 1.82) is 0 Å². The highest BCUT2D eigenvalue weighted by atomic mass is 35.5. The normalized spacial score (nSPS) is 11.4. The third-order valence-electron chi connectivity index (χ3n) is 4.55. The number of benzene rings is 2. The third-order valence-corrected chi connectivity index (χ3v) is 7.12. The molecular formula is C21H21Cl2N3O3S. The number of nitrogens with one attached hydrogen (secondary N) is 1. The van der Waals surface area contributed by atoms with E-state index in [1.165, 1.54) is 4.68 Å². The van der Waals surface area contributed by atoms with Crippen LogP contribution in [0.4, 0.5) is 0 Å². The predicted octanol–water partition coefficient (Wildman–Crippen LogP) is 4.14. The van der Waals surface area contributed by atoms with Gasteiger partial charge in [-0.25, -0.2) is 13.1 Å². The molecule has 3 rings (SSSR count). The van der Waals surface area contributed by atoms with Gasteiger partial charge in [0.25, 0.3) is 5.91 Å². The van der Waals surface area contributed by atoms with Gasteiger partial charge in [0, 0.05) is 11.6 Å². The first-order valence-corrected chi connectivity index (χ1v) is 11.7. The molecule has 0 spiro atoms. The summed E-state index contributed by atoms with van der Waals surface area (Å²) in [5, 5.41) is 7.87. The standard InChI is InChI=1S/C21H21Cl2N3O3S/c1-15-19(20(23)26(25-15)14-16-8-5-6-11-18(16)22)21(27)24-12-7-13-30(28,29)17-9-3-2-4-10-17/h2-6,8-11H,7,12-14H2,1H3,(H,24,27). The van der Waals surface area contributed by atoms with Crippen LogP contribution in [0.3, 0.4) is 0 Å². The lowest BCUT2D eigenvalue weighted by molar-refractivity contribution is 0.0953. The summed E-state index contributed by atoms with van der Waals surface area (Å²) in [6, 6.07) is 15.6. The SMILES string of the molecule is Cc1nn(Cc2ccccc2Cl)c(Cl)c1C(=O)NCCCS(=O)(=O)c1ccccc1. The average Bonchev–Trinajstić information content (AvgIpc) is 3.00. The Hall–Kier alpha value is -2.35. The predicted molar refractivity (Wildman–Crippen MR) is 118 cm³/mol. The van der Waals surface area contributed by atoms with Crippen molar-refractivity contribution in [2.75, 3.05) is 12.3 Å². The number of hydrogen-bond acceptors (Lipinski definition) is 4. The smallest absolute Gasteiger partial charge is 0.256 e. The number of carbonyl (C=O) groups excluding carboxylic acids is 1. The van der Waals surface area contributed by atoms with Gasteiger partial charge in [-0.3, -0.25) is 4.79 Å². The molecule has 3 aromatic rings. The Morgan fingerprint density at radius 3 is 2.43 bits per heavy atom. The summed E-state index contributed by atoms with van der Waals surface area (Å²) >= 11 is 12.6. The second kappa shape index (κ2) is 9.64. The minimum Gasteiger partial charge on any atom is -0.352 e. The molecule has 1 N–H and O–H groups in total. The molecule has 0 radical (unpaired) electrons. The van der Waals surface area contributed by atoms with E-state index in [0.717, 1.165) is 5.56 Å². The van der Waals surface area contributed by atoms with Crippen molar-refractivity contribution in [3.63, 3.8) is 0 Å². The van der Waals surface area contributed by atoms with E-state index in [-0.39, 0.29) is 40.2 Å². The van der Waals surface area contributed by atoms with Gasteiger partial charge < -0.3 is 5.32 Å². The average molecular weight is 466 g/mol. The maximum absolute atomic E-state index is 12.6. The van der Waals surface area contributed by atoms with E-state index in [0.29, 0.717) is 17.3 Å². The molecule has 0 aliphatic rings. The Kier molecular flexibility index (Phi) is 7.18. The van der Waals surface area contributed by atoms with Gasteiger partial charge in [-0.2, -0.15) is 5.10 Å². The highest BCUT2D eigenvalue weighted by molar-refractivity contribution is 7.91. The molecule has 0 saturated carbocycles. The number of rotatable bonds is 8. The van der Waals surface area contributed by atoms with Crippen LogP contribution in [0.2, 0.25) is 10.2 Å². The maximum Gasteiger partial charge on any atom is 0.256 e. The summed E-state index contributed by atoms with van der Waals surface area (Å²) in [6.07, 6.45) is 0.285. The van der Waals surface area contributed by atoms with Gasteiger partial charge in [-0.1, -0.05) is 59.6 Å². The summed E-state index contributed by atoms with van der Waals surface area (Å²) in [4.78, 5) is 12.9. The van der Waals surface area contributed by atoms with Crippen LogP contribution < -0.4 is 5.32 Å². The third kappa shape index (κ3) is 5.22. The van der Waals surface area contributed by atoms with Crippen LogP contribution in [-0.4, -0.2) is 36.4 Å². The summed E-state index contributed by atoms with van der Waals surface area (Å²) < 4.78 is 26.1.